The van der Waals surface area contributed by atoms with Crippen LogP contribution in [-0.2, 0) is 11.3 Å². The van der Waals surface area contributed by atoms with Gasteiger partial charge < -0.3 is 15.1 Å². The van der Waals surface area contributed by atoms with Crippen molar-refractivity contribution >= 4 is 23.3 Å². The molecule has 0 saturated heterocycles. The molecule has 1 aromatic heterocycles. The average molecular weight is 202 g/mol. The molecule has 0 spiro atoms. The Morgan fingerprint density at radius 3 is 2.93 bits per heavy atom. The van der Waals surface area contributed by atoms with E-state index in [1.807, 2.05) is 0 Å². The Kier molecular flexibility index (Phi) is 2.04. The van der Waals surface area contributed by atoms with Gasteiger partial charge in [0.05, 0.1) is 5.71 Å². The predicted molar refractivity (Wildman–Crippen MR) is 57.9 cm³/mol. The van der Waals surface area contributed by atoms with Gasteiger partial charge in [-0.1, -0.05) is 6.58 Å². The molecule has 0 bridgehead atoms. The van der Waals surface area contributed by atoms with Gasteiger partial charge in [-0.05, 0) is 18.2 Å². The first-order chi connectivity index (χ1) is 7.09. The van der Waals surface area contributed by atoms with Crippen LogP contribution in [0.25, 0.3) is 11.6 Å². The summed E-state index contributed by atoms with van der Waals surface area (Å²) >= 11 is 0. The monoisotopic (exact) mass is 202 g/mol. The van der Waals surface area contributed by atoms with E-state index in [-0.39, 0.29) is 6.54 Å². The van der Waals surface area contributed by atoms with Crippen LogP contribution in [0.2, 0.25) is 0 Å². The van der Waals surface area contributed by atoms with Gasteiger partial charge in [0.2, 0.25) is 0 Å². The molecule has 0 aliphatic heterocycles. The van der Waals surface area contributed by atoms with Crippen molar-refractivity contribution in [1.82, 2.24) is 4.57 Å². The second-order valence-corrected chi connectivity index (χ2v) is 3.36. The zero-order valence-electron chi connectivity index (χ0n) is 8.03. The zero-order chi connectivity index (χ0) is 11.0. The standard InChI is InChI=1S/C11H10N2O2/c1-7-8-4-5-13(6-11(14)15)10(8)3-2-9(7)12/h2-5,12H,1,6H2,(H,14,15). The minimum Gasteiger partial charge on any atom is -0.480 e. The number of carbonyl (C=O) groups is 1. The van der Waals surface area contributed by atoms with Crippen molar-refractivity contribution in [2.45, 2.75) is 6.54 Å². The minimum atomic E-state index is -0.881. The predicted octanol–water partition coefficient (Wildman–Crippen LogP) is 1.63. The van der Waals surface area contributed by atoms with Crippen LogP contribution in [0.15, 0.2) is 24.9 Å². The number of hydrogen-bond acceptors (Lipinski definition) is 2. The number of allylic oxidation sites excluding steroid dienone is 2. The van der Waals surface area contributed by atoms with E-state index < -0.39 is 5.97 Å². The van der Waals surface area contributed by atoms with Gasteiger partial charge in [-0.2, -0.15) is 0 Å². The Morgan fingerprint density at radius 2 is 2.27 bits per heavy atom. The van der Waals surface area contributed by atoms with E-state index in [2.05, 4.69) is 6.58 Å². The Balaban J connectivity index is 2.47. The summed E-state index contributed by atoms with van der Waals surface area (Å²) in [6, 6.07) is 1.79. The molecule has 2 N–H and O–H groups in total. The molecule has 0 saturated carbocycles. The zero-order valence-corrected chi connectivity index (χ0v) is 8.03. The van der Waals surface area contributed by atoms with Gasteiger partial charge in [0, 0.05) is 23.0 Å². The fourth-order valence-corrected chi connectivity index (χ4v) is 1.62. The van der Waals surface area contributed by atoms with Crippen molar-refractivity contribution < 1.29 is 9.90 Å². The van der Waals surface area contributed by atoms with Crippen molar-refractivity contribution in [3.8, 4) is 0 Å². The molecule has 2 rings (SSSR count). The molecule has 4 nitrogen and oxygen atoms in total. The third-order valence-corrected chi connectivity index (χ3v) is 2.37. The second kappa shape index (κ2) is 3.24. The van der Waals surface area contributed by atoms with Crippen molar-refractivity contribution in [1.29, 1.82) is 5.41 Å². The summed E-state index contributed by atoms with van der Waals surface area (Å²) in [5.74, 6) is -0.881. The Labute approximate surface area is 86.7 Å². The smallest absolute Gasteiger partial charge is 0.323 e. The van der Waals surface area contributed by atoms with E-state index in [1.165, 1.54) is 0 Å². The first-order valence-electron chi connectivity index (χ1n) is 4.47. The van der Waals surface area contributed by atoms with Crippen LogP contribution in [0.4, 0.5) is 0 Å². The number of nitrogens with one attached hydrogen (secondary N) is 1. The maximum absolute atomic E-state index is 10.6. The first-order valence-corrected chi connectivity index (χ1v) is 4.47. The summed E-state index contributed by atoms with van der Waals surface area (Å²) in [7, 11) is 0. The maximum Gasteiger partial charge on any atom is 0.323 e. The van der Waals surface area contributed by atoms with E-state index in [0.717, 1.165) is 11.3 Å². The van der Waals surface area contributed by atoms with E-state index in [4.69, 9.17) is 10.5 Å². The summed E-state index contributed by atoms with van der Waals surface area (Å²) in [5, 5.41) is 16.3. The Bertz CT molecular complexity index is 495. The first kappa shape index (κ1) is 9.45. The Morgan fingerprint density at radius 1 is 1.53 bits per heavy atom. The van der Waals surface area contributed by atoms with E-state index in [9.17, 15) is 4.79 Å². The number of carboxylic acid groups (broad SMARTS) is 1. The summed E-state index contributed by atoms with van der Waals surface area (Å²) in [6.45, 7) is 3.72. The molecular weight excluding hydrogens is 192 g/mol. The number of carboxylic acids is 1. The number of fused-ring (bicyclic) bond motifs is 1. The molecule has 0 fully saturated rings. The van der Waals surface area contributed by atoms with Gasteiger partial charge in [-0.25, -0.2) is 0 Å². The molecule has 4 heteroatoms. The third-order valence-electron chi connectivity index (χ3n) is 2.37. The van der Waals surface area contributed by atoms with Gasteiger partial charge >= 0.3 is 5.97 Å². The van der Waals surface area contributed by atoms with Crippen molar-refractivity contribution in [3.63, 3.8) is 0 Å². The molecule has 0 unspecified atom stereocenters. The Hall–Kier alpha value is -2.10. The number of nitrogens with zero attached hydrogens (tertiary/aromatic N) is 1. The minimum absolute atomic E-state index is 0.0692. The molecule has 76 valence electrons. The summed E-state index contributed by atoms with van der Waals surface area (Å²) in [5.41, 5.74) is 2.65. The van der Waals surface area contributed by atoms with Gasteiger partial charge in [0.25, 0.3) is 0 Å². The second-order valence-electron chi connectivity index (χ2n) is 3.36. The van der Waals surface area contributed by atoms with Gasteiger partial charge in [-0.3, -0.25) is 4.79 Å². The molecule has 1 aliphatic rings. The molecule has 0 amide bonds. The molecule has 1 aromatic rings. The van der Waals surface area contributed by atoms with E-state index in [0.29, 0.717) is 11.3 Å². The van der Waals surface area contributed by atoms with Crippen LogP contribution >= 0.6 is 0 Å². The van der Waals surface area contributed by atoms with Crippen LogP contribution in [0, 0.1) is 5.41 Å². The fraction of sp³-hybridized carbons (Fsp3) is 0.0909. The fourth-order valence-electron chi connectivity index (χ4n) is 1.62. The lowest BCUT2D eigenvalue weighted by Gasteiger charge is -2.12. The highest BCUT2D eigenvalue weighted by molar-refractivity contribution is 6.30. The lowest BCUT2D eigenvalue weighted by molar-refractivity contribution is -0.137. The summed E-state index contributed by atoms with van der Waals surface area (Å²) in [6.07, 6.45) is 5.07. The quantitative estimate of drug-likeness (QED) is 0.765. The highest BCUT2D eigenvalue weighted by Gasteiger charge is 2.16. The molecule has 1 heterocycles. The maximum atomic E-state index is 10.6. The molecule has 1 aliphatic carbocycles. The third kappa shape index (κ3) is 1.50. The van der Waals surface area contributed by atoms with E-state index >= 15 is 0 Å². The molecule has 15 heavy (non-hydrogen) atoms. The summed E-state index contributed by atoms with van der Waals surface area (Å²) < 4.78 is 1.63. The molecular formula is C11H10N2O2. The van der Waals surface area contributed by atoms with Crippen molar-refractivity contribution in [2.75, 3.05) is 0 Å². The number of aliphatic carboxylic acids is 1. The van der Waals surface area contributed by atoms with Gasteiger partial charge in [0.15, 0.2) is 0 Å². The molecule has 0 aromatic carbocycles. The lowest BCUT2D eigenvalue weighted by atomic mass is 9.98. The number of aromatic nitrogens is 1. The normalized spacial score (nSPS) is 14.1. The van der Waals surface area contributed by atoms with Crippen LogP contribution in [0.3, 0.4) is 0 Å². The number of rotatable bonds is 2. The topological polar surface area (TPSA) is 66.1 Å². The van der Waals surface area contributed by atoms with Crippen LogP contribution in [-0.4, -0.2) is 21.4 Å². The van der Waals surface area contributed by atoms with Gasteiger partial charge in [0.1, 0.15) is 6.54 Å². The van der Waals surface area contributed by atoms with Crippen LogP contribution < -0.4 is 0 Å². The van der Waals surface area contributed by atoms with Crippen LogP contribution in [0.5, 0.6) is 0 Å². The number of hydrogen-bond donors (Lipinski definition) is 2. The molecule has 0 atom stereocenters. The lowest BCUT2D eigenvalue weighted by Crippen LogP contribution is -2.11. The molecule has 0 radical (unpaired) electrons. The SMILES string of the molecule is C=C1C(=N)C=Cc2c1ccn2CC(=O)O. The average Bonchev–Trinajstić information content (AvgIpc) is 2.55. The highest BCUT2D eigenvalue weighted by atomic mass is 16.4. The van der Waals surface area contributed by atoms with E-state index in [1.54, 1.807) is 29.0 Å². The highest BCUT2D eigenvalue weighted by Crippen LogP contribution is 2.26. The largest absolute Gasteiger partial charge is 0.480 e. The van der Waals surface area contributed by atoms with Crippen molar-refractivity contribution in [2.24, 2.45) is 0 Å². The van der Waals surface area contributed by atoms with Crippen LogP contribution in [0.1, 0.15) is 11.3 Å². The van der Waals surface area contributed by atoms with Gasteiger partial charge in [-0.15, -0.1) is 0 Å². The van der Waals surface area contributed by atoms with Crippen molar-refractivity contribution in [3.05, 3.63) is 36.2 Å². The summed E-state index contributed by atoms with van der Waals surface area (Å²) in [4.78, 5) is 10.6.